The minimum atomic E-state index is -0.559. The Kier molecular flexibility index (Phi) is 7.38. The normalized spacial score (nSPS) is 10.6. The molecule has 9 nitrogen and oxygen atoms in total. The van der Waals surface area contributed by atoms with Crippen LogP contribution >= 0.6 is 0 Å². The van der Waals surface area contributed by atoms with E-state index in [0.717, 1.165) is 0 Å². The maximum Gasteiger partial charge on any atom is 0.337 e. The molecule has 38 heavy (non-hydrogen) atoms. The third-order valence-electron chi connectivity index (χ3n) is 5.94. The number of carbonyl (C=O) groups is 2. The molecule has 0 aliphatic carbocycles. The van der Waals surface area contributed by atoms with Crippen LogP contribution in [0.4, 0.5) is 11.4 Å². The Morgan fingerprint density at radius 3 is 1.84 bits per heavy atom. The predicted octanol–water partition coefficient (Wildman–Crippen LogP) is 5.08. The van der Waals surface area contributed by atoms with E-state index in [1.165, 1.54) is 62.8 Å². The highest BCUT2D eigenvalue weighted by molar-refractivity contribution is 5.92. The molecule has 0 atom stereocenters. The molecule has 0 bridgehead atoms. The molecule has 0 fully saturated rings. The number of phenolic OH excluding ortho intramolecular Hbond substituents is 4. The summed E-state index contributed by atoms with van der Waals surface area (Å²) in [5, 5.41) is 44.7. The molecule has 0 heterocycles. The van der Waals surface area contributed by atoms with Crippen LogP contribution in [0.2, 0.25) is 0 Å². The van der Waals surface area contributed by atoms with E-state index in [1.807, 2.05) is 0 Å². The van der Waals surface area contributed by atoms with Gasteiger partial charge in [0.1, 0.15) is 23.0 Å². The quantitative estimate of drug-likeness (QED) is 0.168. The van der Waals surface area contributed by atoms with Crippen molar-refractivity contribution in [2.45, 2.75) is 6.42 Å². The number of phenols is 4. The Labute approximate surface area is 218 Å². The van der Waals surface area contributed by atoms with E-state index in [-0.39, 0.29) is 40.7 Å². The topological polar surface area (TPSA) is 146 Å². The molecule has 4 rings (SSSR count). The summed E-state index contributed by atoms with van der Waals surface area (Å²) in [6, 6.07) is 18.2. The van der Waals surface area contributed by atoms with Crippen LogP contribution < -0.4 is 5.32 Å². The molecule has 4 aromatic carbocycles. The van der Waals surface area contributed by atoms with Crippen molar-refractivity contribution in [2.24, 2.45) is 0 Å². The number of anilines is 2. The second-order valence-corrected chi connectivity index (χ2v) is 8.44. The van der Waals surface area contributed by atoms with Crippen molar-refractivity contribution in [3.63, 3.8) is 0 Å². The van der Waals surface area contributed by atoms with Crippen LogP contribution in [-0.4, -0.2) is 46.6 Å². The molecule has 0 aromatic heterocycles. The van der Waals surface area contributed by atoms with E-state index in [9.17, 15) is 30.0 Å². The summed E-state index contributed by atoms with van der Waals surface area (Å²) in [5.41, 5.74) is 3.10. The highest BCUT2D eigenvalue weighted by Gasteiger charge is 2.15. The van der Waals surface area contributed by atoms with E-state index in [1.54, 1.807) is 24.3 Å². The lowest BCUT2D eigenvalue weighted by Gasteiger charge is -2.13. The molecule has 194 valence electrons. The highest BCUT2D eigenvalue weighted by Crippen LogP contribution is 2.39. The first kappa shape index (κ1) is 25.9. The minimum absolute atomic E-state index is 0.00473. The van der Waals surface area contributed by atoms with Gasteiger partial charge in [0.2, 0.25) is 0 Å². The number of aromatic hydroxyl groups is 4. The first-order chi connectivity index (χ1) is 18.2. The second-order valence-electron chi connectivity index (χ2n) is 8.44. The number of hydrogen-bond acceptors (Lipinski definition) is 9. The number of ether oxygens (including phenoxy) is 2. The summed E-state index contributed by atoms with van der Waals surface area (Å²) in [6.45, 7) is 0. The summed E-state index contributed by atoms with van der Waals surface area (Å²) in [7, 11) is 2.53. The maximum absolute atomic E-state index is 11.8. The average Bonchev–Trinajstić information content (AvgIpc) is 2.91. The smallest absolute Gasteiger partial charge is 0.337 e. The molecule has 4 aromatic rings. The van der Waals surface area contributed by atoms with Crippen molar-refractivity contribution in [1.82, 2.24) is 0 Å². The number of nitrogens with one attached hydrogen (secondary N) is 1. The van der Waals surface area contributed by atoms with Crippen LogP contribution in [-0.2, 0) is 15.9 Å². The van der Waals surface area contributed by atoms with Crippen LogP contribution in [0.3, 0.4) is 0 Å². The average molecular weight is 516 g/mol. The predicted molar refractivity (Wildman–Crippen MR) is 140 cm³/mol. The van der Waals surface area contributed by atoms with Gasteiger partial charge in [0.15, 0.2) is 0 Å². The van der Waals surface area contributed by atoms with Crippen molar-refractivity contribution in [3.05, 3.63) is 95.1 Å². The molecular formula is C29H25NO8. The van der Waals surface area contributed by atoms with Gasteiger partial charge in [-0.05, 0) is 65.7 Å². The SMILES string of the molecule is COC(=O)c1ccc(O)c(Cc2ccc(-c3ccc(Nc4cc(C(=O)OC)ccc4O)cc3O)c(O)c2)c1. The van der Waals surface area contributed by atoms with E-state index in [2.05, 4.69) is 5.32 Å². The molecule has 0 amide bonds. The Morgan fingerprint density at radius 1 is 0.658 bits per heavy atom. The summed E-state index contributed by atoms with van der Waals surface area (Å²) < 4.78 is 9.42. The van der Waals surface area contributed by atoms with E-state index in [4.69, 9.17) is 9.47 Å². The van der Waals surface area contributed by atoms with Crippen molar-refractivity contribution in [2.75, 3.05) is 19.5 Å². The number of benzene rings is 4. The first-order valence-corrected chi connectivity index (χ1v) is 11.4. The fraction of sp³-hybridized carbons (Fsp3) is 0.103. The van der Waals surface area contributed by atoms with Gasteiger partial charge in [0, 0.05) is 29.3 Å². The molecule has 0 spiro atoms. The van der Waals surface area contributed by atoms with Gasteiger partial charge in [-0.2, -0.15) is 0 Å². The number of rotatable bonds is 7. The Morgan fingerprint density at radius 2 is 1.24 bits per heavy atom. The van der Waals surface area contributed by atoms with Gasteiger partial charge < -0.3 is 35.2 Å². The van der Waals surface area contributed by atoms with Crippen molar-refractivity contribution in [1.29, 1.82) is 0 Å². The van der Waals surface area contributed by atoms with Gasteiger partial charge in [0.25, 0.3) is 0 Å². The number of methoxy groups -OCH3 is 2. The summed E-state index contributed by atoms with van der Waals surface area (Å²) >= 11 is 0. The zero-order valence-corrected chi connectivity index (χ0v) is 20.6. The van der Waals surface area contributed by atoms with Crippen molar-refractivity contribution < 1.29 is 39.5 Å². The third-order valence-corrected chi connectivity index (χ3v) is 5.94. The van der Waals surface area contributed by atoms with Crippen LogP contribution in [0, 0.1) is 0 Å². The molecule has 0 unspecified atom stereocenters. The summed E-state index contributed by atoms with van der Waals surface area (Å²) in [5.74, 6) is -1.40. The molecule has 0 saturated carbocycles. The van der Waals surface area contributed by atoms with Crippen LogP contribution in [0.1, 0.15) is 31.8 Å². The molecule has 5 N–H and O–H groups in total. The molecule has 9 heteroatoms. The van der Waals surface area contributed by atoms with E-state index < -0.39 is 11.9 Å². The largest absolute Gasteiger partial charge is 0.508 e. The van der Waals surface area contributed by atoms with Crippen LogP contribution in [0.5, 0.6) is 23.0 Å². The van der Waals surface area contributed by atoms with E-state index >= 15 is 0 Å². The van der Waals surface area contributed by atoms with Gasteiger partial charge in [-0.1, -0.05) is 12.1 Å². The zero-order chi connectivity index (χ0) is 27.4. The van der Waals surface area contributed by atoms with Crippen molar-refractivity contribution >= 4 is 23.3 Å². The molecule has 0 aliphatic heterocycles. The Hall–Kier alpha value is -5.18. The first-order valence-electron chi connectivity index (χ1n) is 11.4. The monoisotopic (exact) mass is 515 g/mol. The summed E-state index contributed by atoms with van der Waals surface area (Å²) in [6.07, 6.45) is 0.244. The Balaban J connectivity index is 1.56. The molecular weight excluding hydrogens is 490 g/mol. The molecule has 0 saturated heterocycles. The van der Waals surface area contributed by atoms with Crippen molar-refractivity contribution in [3.8, 4) is 34.1 Å². The lowest BCUT2D eigenvalue weighted by Crippen LogP contribution is -2.02. The van der Waals surface area contributed by atoms with Gasteiger partial charge >= 0.3 is 11.9 Å². The highest BCUT2D eigenvalue weighted by atomic mass is 16.5. The summed E-state index contributed by atoms with van der Waals surface area (Å²) in [4.78, 5) is 23.6. The van der Waals surface area contributed by atoms with Gasteiger partial charge in [0.05, 0.1) is 31.0 Å². The standard InChI is InChI=1S/C29H25NO8/c1-37-28(35)17-4-9-24(31)19(13-17)11-16-3-7-21(26(33)12-16)22-8-6-20(15-27(22)34)30-23-14-18(29(36)38-2)5-10-25(23)32/h3-10,12-15,30-34H,11H2,1-2H3. The lowest BCUT2D eigenvalue weighted by molar-refractivity contribution is 0.0592. The maximum atomic E-state index is 11.8. The van der Waals surface area contributed by atoms with Crippen LogP contribution in [0.15, 0.2) is 72.8 Å². The van der Waals surface area contributed by atoms with Crippen LogP contribution in [0.25, 0.3) is 11.1 Å². The lowest BCUT2D eigenvalue weighted by atomic mass is 9.97. The number of carbonyl (C=O) groups excluding carboxylic acids is 2. The number of hydrogen-bond donors (Lipinski definition) is 5. The van der Waals surface area contributed by atoms with E-state index in [0.29, 0.717) is 33.5 Å². The zero-order valence-electron chi connectivity index (χ0n) is 20.6. The Bertz CT molecular complexity index is 1410. The van der Waals surface area contributed by atoms with Gasteiger partial charge in [-0.15, -0.1) is 0 Å². The molecule has 0 aliphatic rings. The number of esters is 2. The second kappa shape index (κ2) is 10.8. The minimum Gasteiger partial charge on any atom is -0.508 e. The fourth-order valence-electron chi connectivity index (χ4n) is 3.98. The fourth-order valence-corrected chi connectivity index (χ4v) is 3.98. The van der Waals surface area contributed by atoms with Gasteiger partial charge in [-0.25, -0.2) is 9.59 Å². The third kappa shape index (κ3) is 5.46. The van der Waals surface area contributed by atoms with Gasteiger partial charge in [-0.3, -0.25) is 0 Å². The molecule has 0 radical (unpaired) electrons.